The molecule has 0 spiro atoms. The van der Waals surface area contributed by atoms with Crippen molar-refractivity contribution in [1.82, 2.24) is 9.88 Å². The average Bonchev–Trinajstić information content (AvgIpc) is 3.22. The van der Waals surface area contributed by atoms with Gasteiger partial charge in [0, 0.05) is 33.9 Å². The molecular weight excluding hydrogens is 469 g/mol. The molecule has 1 unspecified atom stereocenters. The Bertz CT molecular complexity index is 1420. The van der Waals surface area contributed by atoms with Gasteiger partial charge in [0.15, 0.2) is 0 Å². The van der Waals surface area contributed by atoms with Crippen LogP contribution in [0.25, 0.3) is 10.9 Å². The van der Waals surface area contributed by atoms with Crippen LogP contribution in [-0.2, 0) is 11.2 Å². The van der Waals surface area contributed by atoms with Gasteiger partial charge in [-0.05, 0) is 73.0 Å². The summed E-state index contributed by atoms with van der Waals surface area (Å²) in [5, 5.41) is 4.56. The number of hydrogen-bond acceptors (Lipinski definition) is 3. The van der Waals surface area contributed by atoms with Crippen LogP contribution in [0.3, 0.4) is 0 Å². The Labute approximate surface area is 206 Å². The van der Waals surface area contributed by atoms with E-state index in [9.17, 15) is 14.0 Å². The fourth-order valence-electron chi connectivity index (χ4n) is 4.60. The fraction of sp³-hybridized carbons (Fsp3) is 0.185. The molecule has 1 atom stereocenters. The number of aromatic nitrogens is 1. The van der Waals surface area contributed by atoms with E-state index < -0.39 is 12.0 Å². The lowest BCUT2D eigenvalue weighted by atomic mass is 9.92. The summed E-state index contributed by atoms with van der Waals surface area (Å²) in [5.41, 5.74) is 4.50. The summed E-state index contributed by atoms with van der Waals surface area (Å²) in [5.74, 6) is -0.799. The number of esters is 1. The summed E-state index contributed by atoms with van der Waals surface area (Å²) < 4.78 is 18.8. The summed E-state index contributed by atoms with van der Waals surface area (Å²) in [4.78, 5) is 30.8. The first-order valence-electron chi connectivity index (χ1n) is 11.3. The van der Waals surface area contributed by atoms with Crippen molar-refractivity contribution < 1.29 is 18.7 Å². The van der Waals surface area contributed by atoms with Gasteiger partial charge in [0.1, 0.15) is 5.82 Å². The minimum atomic E-state index is -0.459. The molecule has 1 aliphatic rings. The second-order valence-corrected chi connectivity index (χ2v) is 8.77. The minimum absolute atomic E-state index is 0.264. The number of carbonyl (C=O) groups is 2. The van der Waals surface area contributed by atoms with Gasteiger partial charge < -0.3 is 19.9 Å². The number of carbonyl (C=O) groups excluding carboxylic acids is 2. The van der Waals surface area contributed by atoms with Gasteiger partial charge >= 0.3 is 12.0 Å². The Morgan fingerprint density at radius 2 is 1.94 bits per heavy atom. The maximum Gasteiger partial charge on any atom is 0.338 e. The van der Waals surface area contributed by atoms with E-state index >= 15 is 0 Å². The molecule has 6 nitrogen and oxygen atoms in total. The molecule has 3 aromatic carbocycles. The van der Waals surface area contributed by atoms with Gasteiger partial charge in [-0.15, -0.1) is 0 Å². The molecule has 0 aliphatic carbocycles. The largest absolute Gasteiger partial charge is 0.462 e. The van der Waals surface area contributed by atoms with Crippen molar-refractivity contribution >= 4 is 40.2 Å². The molecule has 2 N–H and O–H groups in total. The van der Waals surface area contributed by atoms with Crippen LogP contribution in [-0.4, -0.2) is 35.0 Å². The SMILES string of the molecule is CCOC(=O)c1cccc(NC(=O)N2CCc3c([nH]c4ccc(Cl)cc34)C2c2ccc(F)cc2)c1. The quantitative estimate of drug-likeness (QED) is 0.328. The standard InChI is InChI=1S/C27H23ClFN3O3/c1-2-35-26(33)17-4-3-5-20(14-17)30-27(34)32-13-12-21-22-15-18(28)8-11-23(22)31-24(21)25(32)16-6-9-19(29)10-7-16/h3-11,14-15,25,31H,2,12-13H2,1H3,(H,30,34). The predicted molar refractivity (Wildman–Crippen MR) is 133 cm³/mol. The maximum atomic E-state index is 13.7. The van der Waals surface area contributed by atoms with Crippen LogP contribution < -0.4 is 5.32 Å². The molecule has 1 aliphatic heterocycles. The highest BCUT2D eigenvalue weighted by Crippen LogP contribution is 2.39. The van der Waals surface area contributed by atoms with Crippen LogP contribution in [0.15, 0.2) is 66.7 Å². The Morgan fingerprint density at radius 1 is 1.14 bits per heavy atom. The zero-order valence-corrected chi connectivity index (χ0v) is 19.7. The molecule has 0 bridgehead atoms. The third-order valence-corrected chi connectivity index (χ3v) is 6.40. The summed E-state index contributed by atoms with van der Waals surface area (Å²) >= 11 is 6.25. The van der Waals surface area contributed by atoms with Crippen LogP contribution >= 0.6 is 11.6 Å². The van der Waals surface area contributed by atoms with E-state index in [1.165, 1.54) is 12.1 Å². The molecule has 2 amide bonds. The average molecular weight is 492 g/mol. The third-order valence-electron chi connectivity index (χ3n) is 6.16. The van der Waals surface area contributed by atoms with Crippen LogP contribution in [0.4, 0.5) is 14.9 Å². The second kappa shape index (κ2) is 9.43. The van der Waals surface area contributed by atoms with Crippen LogP contribution in [0, 0.1) is 5.82 Å². The van der Waals surface area contributed by atoms with E-state index in [2.05, 4.69) is 10.3 Å². The number of aromatic amines is 1. The van der Waals surface area contributed by atoms with E-state index in [1.807, 2.05) is 18.2 Å². The number of hydrogen-bond donors (Lipinski definition) is 2. The van der Waals surface area contributed by atoms with Gasteiger partial charge in [0.05, 0.1) is 18.2 Å². The number of amides is 2. The van der Waals surface area contributed by atoms with Gasteiger partial charge in [-0.3, -0.25) is 0 Å². The first-order valence-corrected chi connectivity index (χ1v) is 11.7. The van der Waals surface area contributed by atoms with Gasteiger partial charge in [0.25, 0.3) is 0 Å². The van der Waals surface area contributed by atoms with Crippen molar-refractivity contribution in [2.75, 3.05) is 18.5 Å². The second-order valence-electron chi connectivity index (χ2n) is 8.34. The highest BCUT2D eigenvalue weighted by molar-refractivity contribution is 6.31. The van der Waals surface area contributed by atoms with Crippen molar-refractivity contribution in [2.45, 2.75) is 19.4 Å². The van der Waals surface area contributed by atoms with E-state index in [0.29, 0.717) is 29.2 Å². The predicted octanol–water partition coefficient (Wildman–Crippen LogP) is 6.32. The monoisotopic (exact) mass is 491 g/mol. The number of nitrogens with zero attached hydrogens (tertiary/aromatic N) is 1. The molecule has 5 rings (SSSR count). The molecule has 1 aromatic heterocycles. The van der Waals surface area contributed by atoms with Crippen LogP contribution in [0.1, 0.15) is 40.1 Å². The van der Waals surface area contributed by atoms with Crippen molar-refractivity contribution in [3.63, 3.8) is 0 Å². The number of nitrogens with one attached hydrogen (secondary N) is 2. The lowest BCUT2D eigenvalue weighted by Gasteiger charge is -2.36. The Morgan fingerprint density at radius 3 is 2.71 bits per heavy atom. The molecule has 8 heteroatoms. The van der Waals surface area contributed by atoms with Gasteiger partial charge in [0.2, 0.25) is 0 Å². The highest BCUT2D eigenvalue weighted by atomic mass is 35.5. The molecule has 0 radical (unpaired) electrons. The summed E-state index contributed by atoms with van der Waals surface area (Å²) in [6, 6.07) is 17.7. The van der Waals surface area contributed by atoms with Gasteiger partial charge in [-0.1, -0.05) is 29.8 Å². The summed E-state index contributed by atoms with van der Waals surface area (Å²) in [6.07, 6.45) is 0.629. The van der Waals surface area contributed by atoms with E-state index in [0.717, 1.165) is 27.7 Å². The van der Waals surface area contributed by atoms with Crippen LogP contribution in [0.5, 0.6) is 0 Å². The van der Waals surface area contributed by atoms with Gasteiger partial charge in [-0.2, -0.15) is 0 Å². The van der Waals surface area contributed by atoms with Crippen molar-refractivity contribution in [3.8, 4) is 0 Å². The summed E-state index contributed by atoms with van der Waals surface area (Å²) in [7, 11) is 0. The van der Waals surface area contributed by atoms with Crippen molar-refractivity contribution in [3.05, 3.63) is 100.0 Å². The number of ether oxygens (including phenoxy) is 1. The molecule has 35 heavy (non-hydrogen) atoms. The number of H-pyrrole nitrogens is 1. The van der Waals surface area contributed by atoms with Crippen LogP contribution in [0.2, 0.25) is 5.02 Å². The minimum Gasteiger partial charge on any atom is -0.462 e. The zero-order chi connectivity index (χ0) is 24.5. The fourth-order valence-corrected chi connectivity index (χ4v) is 4.78. The Kier molecular flexibility index (Phi) is 6.17. The normalized spacial score (nSPS) is 15.1. The lowest BCUT2D eigenvalue weighted by molar-refractivity contribution is 0.0526. The number of benzene rings is 3. The number of urea groups is 1. The van der Waals surface area contributed by atoms with Crippen molar-refractivity contribution in [1.29, 1.82) is 0 Å². The van der Waals surface area contributed by atoms with E-state index in [1.54, 1.807) is 48.2 Å². The number of halogens is 2. The number of rotatable bonds is 4. The molecule has 0 saturated carbocycles. The van der Waals surface area contributed by atoms with E-state index in [4.69, 9.17) is 16.3 Å². The topological polar surface area (TPSA) is 74.4 Å². The van der Waals surface area contributed by atoms with Gasteiger partial charge in [-0.25, -0.2) is 14.0 Å². The third kappa shape index (κ3) is 4.47. The first-order chi connectivity index (χ1) is 16.9. The summed E-state index contributed by atoms with van der Waals surface area (Å²) in [6.45, 7) is 2.44. The Balaban J connectivity index is 1.51. The first kappa shape index (κ1) is 22.9. The molecule has 4 aromatic rings. The van der Waals surface area contributed by atoms with Crippen molar-refractivity contribution in [2.24, 2.45) is 0 Å². The molecule has 0 fully saturated rings. The zero-order valence-electron chi connectivity index (χ0n) is 19.0. The number of anilines is 1. The Hall–Kier alpha value is -3.84. The van der Waals surface area contributed by atoms with E-state index in [-0.39, 0.29) is 18.5 Å². The smallest absolute Gasteiger partial charge is 0.338 e. The number of fused-ring (bicyclic) bond motifs is 3. The highest BCUT2D eigenvalue weighted by Gasteiger charge is 2.34. The molecule has 2 heterocycles. The molecular formula is C27H23ClFN3O3. The molecule has 178 valence electrons. The maximum absolute atomic E-state index is 13.7. The molecule has 0 saturated heterocycles. The lowest BCUT2D eigenvalue weighted by Crippen LogP contribution is -2.43.